The fraction of sp³-hybridized carbons (Fsp3) is 0.500. The van der Waals surface area contributed by atoms with Gasteiger partial charge in [0.15, 0.2) is 0 Å². The smallest absolute Gasteiger partial charge is 0.0790 e. The van der Waals surface area contributed by atoms with E-state index in [0.29, 0.717) is 5.37 Å². The number of likely N-dealkylation sites (N-methyl/N-ethyl adjacent to an activating group) is 1. The Kier molecular flexibility index (Phi) is 2.37. The summed E-state index contributed by atoms with van der Waals surface area (Å²) < 4.78 is 0. The molecule has 80 valence electrons. The Bertz CT molecular complexity index is 372. The number of rotatable bonds is 1. The number of hydrogen-bond acceptors (Lipinski definition) is 3. The van der Waals surface area contributed by atoms with E-state index in [1.165, 1.54) is 35.5 Å². The van der Waals surface area contributed by atoms with Crippen LogP contribution in [0.4, 0.5) is 5.69 Å². The van der Waals surface area contributed by atoms with Gasteiger partial charge in [-0.2, -0.15) is 0 Å². The van der Waals surface area contributed by atoms with Crippen LogP contribution in [0.2, 0.25) is 0 Å². The first-order valence-corrected chi connectivity index (χ1v) is 6.58. The van der Waals surface area contributed by atoms with Crippen LogP contribution in [0.15, 0.2) is 18.2 Å². The van der Waals surface area contributed by atoms with Crippen LogP contribution in [0.25, 0.3) is 0 Å². The third kappa shape index (κ3) is 1.64. The highest BCUT2D eigenvalue weighted by molar-refractivity contribution is 7.99. The standard InChI is InChI=1S/C12H16N2S/c1-14-6-4-9-8-10(2-3-11(9)14)12-13-5-7-15-12/h2-3,8,12-13H,4-7H2,1H3. The molecule has 1 atom stereocenters. The summed E-state index contributed by atoms with van der Waals surface area (Å²) in [4.78, 5) is 2.34. The molecule has 0 radical (unpaired) electrons. The monoisotopic (exact) mass is 220 g/mol. The summed E-state index contributed by atoms with van der Waals surface area (Å²) in [7, 11) is 2.17. The second-order valence-corrected chi connectivity index (χ2v) is 5.48. The molecule has 1 unspecified atom stereocenters. The lowest BCUT2D eigenvalue weighted by Crippen LogP contribution is -2.13. The second-order valence-electron chi connectivity index (χ2n) is 4.26. The Morgan fingerprint density at radius 1 is 1.47 bits per heavy atom. The van der Waals surface area contributed by atoms with Crippen LogP contribution in [-0.2, 0) is 6.42 Å². The summed E-state index contributed by atoms with van der Waals surface area (Å²) in [6.07, 6.45) is 1.21. The Morgan fingerprint density at radius 2 is 2.40 bits per heavy atom. The zero-order valence-electron chi connectivity index (χ0n) is 8.99. The Hall–Kier alpha value is -0.670. The molecule has 0 saturated carbocycles. The van der Waals surface area contributed by atoms with Crippen molar-refractivity contribution in [2.24, 2.45) is 0 Å². The van der Waals surface area contributed by atoms with Gasteiger partial charge in [0.2, 0.25) is 0 Å². The van der Waals surface area contributed by atoms with Gasteiger partial charge in [0.05, 0.1) is 5.37 Å². The fourth-order valence-corrected chi connectivity index (χ4v) is 3.44. The first-order chi connectivity index (χ1) is 7.34. The molecule has 0 aliphatic carbocycles. The summed E-state index contributed by atoms with van der Waals surface area (Å²) in [5, 5.41) is 4.05. The lowest BCUT2D eigenvalue weighted by Gasteiger charge is -2.14. The van der Waals surface area contributed by atoms with Crippen molar-refractivity contribution in [3.05, 3.63) is 29.3 Å². The Morgan fingerprint density at radius 3 is 3.20 bits per heavy atom. The zero-order valence-corrected chi connectivity index (χ0v) is 9.81. The van der Waals surface area contributed by atoms with Gasteiger partial charge in [-0.25, -0.2) is 0 Å². The van der Waals surface area contributed by atoms with Crippen LogP contribution in [0.5, 0.6) is 0 Å². The van der Waals surface area contributed by atoms with E-state index in [4.69, 9.17) is 0 Å². The second kappa shape index (κ2) is 3.72. The highest BCUT2D eigenvalue weighted by Crippen LogP contribution is 2.34. The average molecular weight is 220 g/mol. The third-order valence-electron chi connectivity index (χ3n) is 3.25. The van der Waals surface area contributed by atoms with Crippen molar-refractivity contribution in [1.82, 2.24) is 5.32 Å². The van der Waals surface area contributed by atoms with Gasteiger partial charge in [-0.1, -0.05) is 12.1 Å². The van der Waals surface area contributed by atoms with E-state index in [-0.39, 0.29) is 0 Å². The molecule has 0 spiro atoms. The van der Waals surface area contributed by atoms with Crippen LogP contribution >= 0.6 is 11.8 Å². The maximum Gasteiger partial charge on any atom is 0.0790 e. The highest BCUT2D eigenvalue weighted by Gasteiger charge is 2.20. The van der Waals surface area contributed by atoms with Gasteiger partial charge >= 0.3 is 0 Å². The topological polar surface area (TPSA) is 15.3 Å². The molecule has 3 heteroatoms. The van der Waals surface area contributed by atoms with E-state index < -0.39 is 0 Å². The maximum atomic E-state index is 3.52. The first kappa shape index (κ1) is 9.55. The van der Waals surface area contributed by atoms with Gasteiger partial charge in [-0.3, -0.25) is 0 Å². The molecule has 0 bridgehead atoms. The van der Waals surface area contributed by atoms with E-state index in [2.05, 4.69) is 35.5 Å². The van der Waals surface area contributed by atoms with Crippen LogP contribution in [0.3, 0.4) is 0 Å². The summed E-state index contributed by atoms with van der Waals surface area (Å²) in [6, 6.07) is 6.93. The van der Waals surface area contributed by atoms with Gasteiger partial charge in [-0.15, -0.1) is 11.8 Å². The number of hydrogen-bond donors (Lipinski definition) is 1. The number of nitrogens with one attached hydrogen (secondary N) is 1. The minimum atomic E-state index is 0.529. The predicted octanol–water partition coefficient (Wildman–Crippen LogP) is 2.01. The van der Waals surface area contributed by atoms with Gasteiger partial charge in [0, 0.05) is 31.6 Å². The summed E-state index contributed by atoms with van der Waals surface area (Å²) >= 11 is 2.02. The molecule has 1 fully saturated rings. The molecule has 0 aromatic heterocycles. The summed E-state index contributed by atoms with van der Waals surface area (Å²) in [6.45, 7) is 2.32. The molecular formula is C12H16N2S. The number of thioether (sulfide) groups is 1. The number of benzene rings is 1. The molecule has 1 N–H and O–H groups in total. The number of fused-ring (bicyclic) bond motifs is 1. The maximum absolute atomic E-state index is 3.52. The van der Waals surface area contributed by atoms with Crippen LogP contribution in [0, 0.1) is 0 Å². The third-order valence-corrected chi connectivity index (χ3v) is 4.46. The Balaban J connectivity index is 1.92. The zero-order chi connectivity index (χ0) is 10.3. The molecule has 1 aromatic rings. The molecule has 3 rings (SSSR count). The summed E-state index contributed by atoms with van der Waals surface area (Å²) in [5.74, 6) is 1.24. The van der Waals surface area contributed by atoms with Crippen LogP contribution in [-0.4, -0.2) is 25.9 Å². The molecule has 1 saturated heterocycles. The van der Waals surface area contributed by atoms with Crippen molar-refractivity contribution in [3.63, 3.8) is 0 Å². The van der Waals surface area contributed by atoms with Crippen LogP contribution in [0.1, 0.15) is 16.5 Å². The van der Waals surface area contributed by atoms with Gasteiger partial charge in [0.1, 0.15) is 0 Å². The van der Waals surface area contributed by atoms with Crippen molar-refractivity contribution >= 4 is 17.4 Å². The largest absolute Gasteiger partial charge is 0.374 e. The van der Waals surface area contributed by atoms with Crippen molar-refractivity contribution < 1.29 is 0 Å². The minimum absolute atomic E-state index is 0.529. The van der Waals surface area contributed by atoms with Gasteiger partial charge in [-0.05, 0) is 23.6 Å². The average Bonchev–Trinajstić information content (AvgIpc) is 2.88. The van der Waals surface area contributed by atoms with Gasteiger partial charge in [0.25, 0.3) is 0 Å². The van der Waals surface area contributed by atoms with E-state index in [1.54, 1.807) is 0 Å². The molecular weight excluding hydrogens is 204 g/mol. The van der Waals surface area contributed by atoms with Crippen molar-refractivity contribution in [2.75, 3.05) is 30.8 Å². The molecule has 0 amide bonds. The lowest BCUT2D eigenvalue weighted by molar-refractivity contribution is 0.750. The normalized spacial score (nSPS) is 24.6. The number of anilines is 1. The van der Waals surface area contributed by atoms with Crippen molar-refractivity contribution in [2.45, 2.75) is 11.8 Å². The molecule has 2 nitrogen and oxygen atoms in total. The fourth-order valence-electron chi connectivity index (χ4n) is 2.39. The molecule has 2 aliphatic rings. The Labute approximate surface area is 95.0 Å². The molecule has 2 heterocycles. The van der Waals surface area contributed by atoms with E-state index in [0.717, 1.165) is 6.54 Å². The lowest BCUT2D eigenvalue weighted by atomic mass is 10.1. The van der Waals surface area contributed by atoms with E-state index in [1.807, 2.05) is 11.8 Å². The molecule has 2 aliphatic heterocycles. The SMILES string of the molecule is CN1CCc2cc(C3NCCS3)ccc21. The summed E-state index contributed by atoms with van der Waals surface area (Å²) in [5.41, 5.74) is 4.39. The molecule has 1 aromatic carbocycles. The number of nitrogens with zero attached hydrogens (tertiary/aromatic N) is 1. The van der Waals surface area contributed by atoms with Crippen molar-refractivity contribution in [3.8, 4) is 0 Å². The molecule has 15 heavy (non-hydrogen) atoms. The van der Waals surface area contributed by atoms with E-state index >= 15 is 0 Å². The van der Waals surface area contributed by atoms with Crippen LogP contribution < -0.4 is 10.2 Å². The first-order valence-electron chi connectivity index (χ1n) is 5.53. The van der Waals surface area contributed by atoms with E-state index in [9.17, 15) is 0 Å². The quantitative estimate of drug-likeness (QED) is 0.779. The predicted molar refractivity (Wildman–Crippen MR) is 66.6 cm³/mol. The van der Waals surface area contributed by atoms with Gasteiger partial charge < -0.3 is 10.2 Å². The highest BCUT2D eigenvalue weighted by atomic mass is 32.2. The minimum Gasteiger partial charge on any atom is -0.374 e. The van der Waals surface area contributed by atoms with Crippen molar-refractivity contribution in [1.29, 1.82) is 0 Å².